The van der Waals surface area contributed by atoms with Gasteiger partial charge in [-0.3, -0.25) is 4.90 Å². The molecule has 3 atom stereocenters. The minimum Gasteiger partial charge on any atom is -0.395 e. The second-order valence-electron chi connectivity index (χ2n) is 4.74. The zero-order valence-electron chi connectivity index (χ0n) is 10.8. The van der Waals surface area contributed by atoms with Crippen LogP contribution in [0, 0.1) is 0 Å². The number of hydrogen-bond donors (Lipinski definition) is 2. The molecule has 0 aromatic rings. The van der Waals surface area contributed by atoms with Crippen molar-refractivity contribution in [1.29, 1.82) is 0 Å². The predicted molar refractivity (Wildman–Crippen MR) is 65.6 cm³/mol. The predicted octanol–water partition coefficient (Wildman–Crippen LogP) is 0.456. The van der Waals surface area contributed by atoms with Crippen LogP contribution in [0.1, 0.15) is 27.2 Å². The van der Waals surface area contributed by atoms with Crippen LogP contribution in [0.15, 0.2) is 0 Å². The lowest BCUT2D eigenvalue weighted by atomic mass is 10.1. The molecule has 1 heterocycles. The smallest absolute Gasteiger partial charge is 0.0678 e. The Bertz CT molecular complexity index is 180. The van der Waals surface area contributed by atoms with E-state index >= 15 is 0 Å². The fraction of sp³-hybridized carbons (Fsp3) is 1.00. The summed E-state index contributed by atoms with van der Waals surface area (Å²) in [5.41, 5.74) is 0. The Morgan fingerprint density at radius 1 is 1.38 bits per heavy atom. The molecular weight excluding hydrogens is 204 g/mol. The maximum Gasteiger partial charge on any atom is 0.0678 e. The van der Waals surface area contributed by atoms with E-state index < -0.39 is 0 Å². The molecule has 0 saturated carbocycles. The standard InChI is InChI=1S/C12H26N2O2/c1-4-13-12(9-15)5-6-14-7-10(2)16-11(3)8-14/h10-13,15H,4-9H2,1-3H3. The van der Waals surface area contributed by atoms with Gasteiger partial charge in [-0.15, -0.1) is 0 Å². The minimum absolute atomic E-state index is 0.225. The lowest BCUT2D eigenvalue weighted by molar-refractivity contribution is -0.0688. The molecule has 1 aliphatic heterocycles. The number of aliphatic hydroxyl groups excluding tert-OH is 1. The van der Waals surface area contributed by atoms with Crippen LogP contribution in [0.3, 0.4) is 0 Å². The molecule has 96 valence electrons. The Morgan fingerprint density at radius 2 is 2.00 bits per heavy atom. The Kier molecular flexibility index (Phi) is 6.28. The van der Waals surface area contributed by atoms with Gasteiger partial charge in [0.1, 0.15) is 0 Å². The molecule has 16 heavy (non-hydrogen) atoms. The van der Waals surface area contributed by atoms with E-state index in [1.54, 1.807) is 0 Å². The van der Waals surface area contributed by atoms with E-state index in [1.807, 2.05) is 0 Å². The molecule has 1 rings (SSSR count). The summed E-state index contributed by atoms with van der Waals surface area (Å²) < 4.78 is 5.69. The first-order valence-corrected chi connectivity index (χ1v) is 6.37. The summed E-state index contributed by atoms with van der Waals surface area (Å²) in [4.78, 5) is 2.43. The highest BCUT2D eigenvalue weighted by Crippen LogP contribution is 2.11. The molecule has 0 aliphatic carbocycles. The Labute approximate surface area is 99.0 Å². The van der Waals surface area contributed by atoms with Crippen LogP contribution in [-0.2, 0) is 4.74 Å². The number of morpholine rings is 1. The molecule has 1 saturated heterocycles. The molecule has 1 fully saturated rings. The van der Waals surface area contributed by atoms with E-state index in [2.05, 4.69) is 31.0 Å². The average molecular weight is 230 g/mol. The van der Waals surface area contributed by atoms with Gasteiger partial charge in [-0.1, -0.05) is 6.92 Å². The fourth-order valence-electron chi connectivity index (χ4n) is 2.35. The van der Waals surface area contributed by atoms with Gasteiger partial charge in [0.2, 0.25) is 0 Å². The van der Waals surface area contributed by atoms with Gasteiger partial charge in [-0.2, -0.15) is 0 Å². The van der Waals surface area contributed by atoms with Crippen molar-refractivity contribution in [2.45, 2.75) is 45.4 Å². The van der Waals surface area contributed by atoms with Crippen LogP contribution >= 0.6 is 0 Å². The SMILES string of the molecule is CCNC(CO)CCN1CC(C)OC(C)C1. The number of hydrogen-bond acceptors (Lipinski definition) is 4. The molecule has 1 aliphatic rings. The zero-order chi connectivity index (χ0) is 12.0. The third kappa shape index (κ3) is 4.78. The van der Waals surface area contributed by atoms with Crippen molar-refractivity contribution in [3.63, 3.8) is 0 Å². The Hall–Kier alpha value is -0.160. The molecule has 4 nitrogen and oxygen atoms in total. The van der Waals surface area contributed by atoms with E-state index in [9.17, 15) is 5.11 Å². The molecule has 4 heteroatoms. The van der Waals surface area contributed by atoms with Crippen molar-refractivity contribution in [1.82, 2.24) is 10.2 Å². The lowest BCUT2D eigenvalue weighted by Crippen LogP contribution is -2.47. The van der Waals surface area contributed by atoms with E-state index in [1.165, 1.54) is 0 Å². The molecule has 0 radical (unpaired) electrons. The first-order valence-electron chi connectivity index (χ1n) is 6.37. The highest BCUT2D eigenvalue weighted by Gasteiger charge is 2.22. The van der Waals surface area contributed by atoms with Gasteiger partial charge in [-0.05, 0) is 33.4 Å². The number of nitrogens with zero attached hydrogens (tertiary/aromatic N) is 1. The Morgan fingerprint density at radius 3 is 2.50 bits per heavy atom. The monoisotopic (exact) mass is 230 g/mol. The molecule has 0 bridgehead atoms. The van der Waals surface area contributed by atoms with E-state index in [-0.39, 0.29) is 12.6 Å². The van der Waals surface area contributed by atoms with E-state index in [4.69, 9.17) is 4.74 Å². The number of aliphatic hydroxyl groups is 1. The van der Waals surface area contributed by atoms with Crippen molar-refractivity contribution in [2.24, 2.45) is 0 Å². The van der Waals surface area contributed by atoms with Gasteiger partial charge in [-0.25, -0.2) is 0 Å². The van der Waals surface area contributed by atoms with Gasteiger partial charge in [0, 0.05) is 19.1 Å². The maximum atomic E-state index is 9.18. The van der Waals surface area contributed by atoms with Gasteiger partial charge >= 0.3 is 0 Å². The van der Waals surface area contributed by atoms with Crippen LogP contribution in [0.4, 0.5) is 0 Å². The topological polar surface area (TPSA) is 44.7 Å². The molecule has 3 unspecified atom stereocenters. The van der Waals surface area contributed by atoms with Crippen molar-refractivity contribution in [2.75, 3.05) is 32.8 Å². The third-order valence-electron chi connectivity index (χ3n) is 3.00. The van der Waals surface area contributed by atoms with Crippen molar-refractivity contribution < 1.29 is 9.84 Å². The molecule has 2 N–H and O–H groups in total. The Balaban J connectivity index is 2.25. The van der Waals surface area contributed by atoms with Crippen molar-refractivity contribution >= 4 is 0 Å². The summed E-state index contributed by atoms with van der Waals surface area (Å²) in [6.45, 7) is 10.5. The normalized spacial score (nSPS) is 29.2. The highest BCUT2D eigenvalue weighted by atomic mass is 16.5. The summed E-state index contributed by atoms with van der Waals surface area (Å²) in [6.07, 6.45) is 1.66. The molecular formula is C12H26N2O2. The first kappa shape index (κ1) is 13.9. The molecule has 0 aromatic heterocycles. The first-order chi connectivity index (χ1) is 7.65. The zero-order valence-corrected chi connectivity index (χ0v) is 10.8. The average Bonchev–Trinajstić information content (AvgIpc) is 2.23. The van der Waals surface area contributed by atoms with Crippen molar-refractivity contribution in [3.05, 3.63) is 0 Å². The van der Waals surface area contributed by atoms with Gasteiger partial charge < -0.3 is 15.2 Å². The fourth-order valence-corrected chi connectivity index (χ4v) is 2.35. The largest absolute Gasteiger partial charge is 0.395 e. The molecule has 0 spiro atoms. The van der Waals surface area contributed by atoms with Crippen LogP contribution in [0.5, 0.6) is 0 Å². The summed E-state index contributed by atoms with van der Waals surface area (Å²) in [5.74, 6) is 0. The van der Waals surface area contributed by atoms with Crippen molar-refractivity contribution in [3.8, 4) is 0 Å². The van der Waals surface area contributed by atoms with Gasteiger partial charge in [0.15, 0.2) is 0 Å². The second kappa shape index (κ2) is 7.22. The summed E-state index contributed by atoms with van der Waals surface area (Å²) >= 11 is 0. The summed E-state index contributed by atoms with van der Waals surface area (Å²) in [5, 5.41) is 12.5. The van der Waals surface area contributed by atoms with E-state index in [0.717, 1.165) is 32.6 Å². The highest BCUT2D eigenvalue weighted by molar-refractivity contribution is 4.75. The second-order valence-corrected chi connectivity index (χ2v) is 4.74. The molecule has 0 amide bonds. The van der Waals surface area contributed by atoms with Crippen LogP contribution in [0.25, 0.3) is 0 Å². The number of likely N-dealkylation sites (N-methyl/N-ethyl adjacent to an activating group) is 1. The number of nitrogens with one attached hydrogen (secondary N) is 1. The molecule has 0 aromatic carbocycles. The summed E-state index contributed by atoms with van der Waals surface area (Å²) in [6, 6.07) is 0.235. The van der Waals surface area contributed by atoms with Crippen LogP contribution in [0.2, 0.25) is 0 Å². The summed E-state index contributed by atoms with van der Waals surface area (Å²) in [7, 11) is 0. The van der Waals surface area contributed by atoms with Gasteiger partial charge in [0.05, 0.1) is 18.8 Å². The van der Waals surface area contributed by atoms with Crippen LogP contribution < -0.4 is 5.32 Å². The number of ether oxygens (including phenoxy) is 1. The van der Waals surface area contributed by atoms with Gasteiger partial charge in [0.25, 0.3) is 0 Å². The lowest BCUT2D eigenvalue weighted by Gasteiger charge is -2.35. The number of rotatable bonds is 6. The van der Waals surface area contributed by atoms with Crippen LogP contribution in [-0.4, -0.2) is 61.0 Å². The van der Waals surface area contributed by atoms with E-state index in [0.29, 0.717) is 12.2 Å². The maximum absolute atomic E-state index is 9.18. The quantitative estimate of drug-likeness (QED) is 0.696. The third-order valence-corrected chi connectivity index (χ3v) is 3.00. The minimum atomic E-state index is 0.225.